The first kappa shape index (κ1) is 15.2. The van der Waals surface area contributed by atoms with Gasteiger partial charge in [-0.15, -0.1) is 0 Å². The SMILES string of the molecule is Cc1ccc(N=C2NC(=O)/C(=C/c3cccc(O)c3)S2)c(O)c1. The molecule has 1 fully saturated rings. The number of benzene rings is 2. The molecule has 6 heteroatoms. The molecule has 0 saturated carbocycles. The second-order valence-corrected chi connectivity index (χ2v) is 6.10. The zero-order valence-corrected chi connectivity index (χ0v) is 13.1. The molecule has 1 saturated heterocycles. The number of aromatic hydroxyl groups is 2. The van der Waals surface area contributed by atoms with E-state index in [9.17, 15) is 15.0 Å². The molecule has 1 aliphatic heterocycles. The van der Waals surface area contributed by atoms with Gasteiger partial charge in [0.05, 0.1) is 4.91 Å². The summed E-state index contributed by atoms with van der Waals surface area (Å²) in [5, 5.41) is 22.4. The molecular weight excluding hydrogens is 312 g/mol. The molecule has 3 rings (SSSR count). The number of hydrogen-bond acceptors (Lipinski definition) is 5. The summed E-state index contributed by atoms with van der Waals surface area (Å²) in [6.45, 7) is 1.87. The highest BCUT2D eigenvalue weighted by Crippen LogP contribution is 2.32. The molecule has 2 aromatic rings. The number of phenols is 2. The van der Waals surface area contributed by atoms with E-state index in [1.165, 1.54) is 11.8 Å². The minimum Gasteiger partial charge on any atom is -0.508 e. The fourth-order valence-electron chi connectivity index (χ4n) is 2.08. The maximum Gasteiger partial charge on any atom is 0.264 e. The standard InChI is InChI=1S/C17H14N2O3S/c1-10-5-6-13(14(21)7-10)18-17-19-16(22)15(23-17)9-11-3-2-4-12(20)8-11/h2-9,20-21H,1H3,(H,18,19,22)/b15-9-. The lowest BCUT2D eigenvalue weighted by molar-refractivity contribution is -0.115. The number of nitrogens with zero attached hydrogens (tertiary/aromatic N) is 1. The van der Waals surface area contributed by atoms with E-state index in [2.05, 4.69) is 10.3 Å². The van der Waals surface area contributed by atoms with E-state index in [4.69, 9.17) is 0 Å². The van der Waals surface area contributed by atoms with Crippen LogP contribution in [0.15, 0.2) is 52.4 Å². The number of rotatable bonds is 2. The Bertz CT molecular complexity index is 843. The van der Waals surface area contributed by atoms with Crippen LogP contribution in [0.25, 0.3) is 6.08 Å². The lowest BCUT2D eigenvalue weighted by Crippen LogP contribution is -2.19. The van der Waals surface area contributed by atoms with E-state index < -0.39 is 0 Å². The average Bonchev–Trinajstić information content (AvgIpc) is 2.82. The summed E-state index contributed by atoms with van der Waals surface area (Å²) in [5.41, 5.74) is 2.05. The fourth-order valence-corrected chi connectivity index (χ4v) is 2.92. The number of amidine groups is 1. The first-order valence-corrected chi connectivity index (χ1v) is 7.71. The minimum atomic E-state index is -0.260. The predicted octanol–water partition coefficient (Wildman–Crippen LogP) is 3.30. The Hall–Kier alpha value is -2.73. The van der Waals surface area contributed by atoms with Gasteiger partial charge in [-0.25, -0.2) is 4.99 Å². The number of phenolic OH excluding ortho intramolecular Hbond substituents is 2. The quantitative estimate of drug-likeness (QED) is 0.740. The van der Waals surface area contributed by atoms with Crippen LogP contribution in [0.3, 0.4) is 0 Å². The van der Waals surface area contributed by atoms with Gasteiger partial charge in [0.15, 0.2) is 5.17 Å². The van der Waals surface area contributed by atoms with Crippen molar-refractivity contribution in [3.63, 3.8) is 0 Å². The number of hydrogen-bond donors (Lipinski definition) is 3. The number of amides is 1. The molecule has 0 spiro atoms. The summed E-state index contributed by atoms with van der Waals surface area (Å²) < 4.78 is 0. The smallest absolute Gasteiger partial charge is 0.264 e. The Morgan fingerprint density at radius 3 is 2.74 bits per heavy atom. The van der Waals surface area contributed by atoms with Crippen molar-refractivity contribution in [1.29, 1.82) is 0 Å². The van der Waals surface area contributed by atoms with Gasteiger partial charge in [-0.05, 0) is 60.2 Å². The van der Waals surface area contributed by atoms with Gasteiger partial charge < -0.3 is 15.5 Å². The van der Waals surface area contributed by atoms with Crippen LogP contribution in [-0.4, -0.2) is 21.3 Å². The zero-order chi connectivity index (χ0) is 16.4. The number of thioether (sulfide) groups is 1. The molecule has 0 unspecified atom stereocenters. The van der Waals surface area contributed by atoms with E-state index in [-0.39, 0.29) is 17.4 Å². The van der Waals surface area contributed by atoms with Crippen molar-refractivity contribution in [3.8, 4) is 11.5 Å². The van der Waals surface area contributed by atoms with Crippen LogP contribution >= 0.6 is 11.8 Å². The summed E-state index contributed by atoms with van der Waals surface area (Å²) in [6, 6.07) is 11.8. The summed E-state index contributed by atoms with van der Waals surface area (Å²) in [7, 11) is 0. The van der Waals surface area contributed by atoms with Gasteiger partial charge >= 0.3 is 0 Å². The molecule has 0 atom stereocenters. The van der Waals surface area contributed by atoms with Crippen molar-refractivity contribution < 1.29 is 15.0 Å². The van der Waals surface area contributed by atoms with Gasteiger partial charge in [-0.3, -0.25) is 4.79 Å². The lowest BCUT2D eigenvalue weighted by atomic mass is 10.2. The van der Waals surface area contributed by atoms with Crippen LogP contribution in [0.5, 0.6) is 11.5 Å². The molecule has 0 aromatic heterocycles. The molecule has 0 radical (unpaired) electrons. The molecule has 2 aromatic carbocycles. The first-order valence-electron chi connectivity index (χ1n) is 6.89. The highest BCUT2D eigenvalue weighted by Gasteiger charge is 2.24. The molecule has 23 heavy (non-hydrogen) atoms. The van der Waals surface area contributed by atoms with Gasteiger partial charge in [0.25, 0.3) is 5.91 Å². The van der Waals surface area contributed by atoms with E-state index in [0.29, 0.717) is 15.8 Å². The number of carbonyl (C=O) groups is 1. The third-order valence-corrected chi connectivity index (χ3v) is 4.08. The number of aryl methyl sites for hydroxylation is 1. The third-order valence-electron chi connectivity index (χ3n) is 3.17. The van der Waals surface area contributed by atoms with Gasteiger partial charge in [0.2, 0.25) is 0 Å². The van der Waals surface area contributed by atoms with Crippen LogP contribution in [0.2, 0.25) is 0 Å². The van der Waals surface area contributed by atoms with E-state index in [1.807, 2.05) is 13.0 Å². The van der Waals surface area contributed by atoms with Crippen molar-refractivity contribution in [2.75, 3.05) is 0 Å². The molecular formula is C17H14N2O3S. The molecule has 1 heterocycles. The molecule has 3 N–H and O–H groups in total. The lowest BCUT2D eigenvalue weighted by Gasteiger charge is -2.01. The molecule has 1 aliphatic rings. The first-order chi connectivity index (χ1) is 11.0. The van der Waals surface area contributed by atoms with Crippen molar-refractivity contribution >= 4 is 34.6 Å². The Morgan fingerprint density at radius 2 is 2.00 bits per heavy atom. The maximum absolute atomic E-state index is 12.0. The average molecular weight is 326 g/mol. The van der Waals surface area contributed by atoms with E-state index in [0.717, 1.165) is 11.1 Å². The monoisotopic (exact) mass is 326 g/mol. The summed E-state index contributed by atoms with van der Waals surface area (Å²) in [6.07, 6.45) is 1.68. The number of carbonyl (C=O) groups excluding carboxylic acids is 1. The number of aliphatic imine (C=N–C) groups is 1. The van der Waals surface area contributed by atoms with Crippen LogP contribution < -0.4 is 5.32 Å². The third kappa shape index (κ3) is 3.54. The van der Waals surface area contributed by atoms with Crippen molar-refractivity contribution in [3.05, 3.63) is 58.5 Å². The highest BCUT2D eigenvalue weighted by atomic mass is 32.2. The summed E-state index contributed by atoms with van der Waals surface area (Å²) in [5.74, 6) is -0.0531. The second-order valence-electron chi connectivity index (χ2n) is 5.07. The second kappa shape index (κ2) is 6.18. The van der Waals surface area contributed by atoms with E-state index in [1.54, 1.807) is 42.5 Å². The Morgan fingerprint density at radius 1 is 1.17 bits per heavy atom. The van der Waals surface area contributed by atoms with Crippen molar-refractivity contribution in [1.82, 2.24) is 5.32 Å². The molecule has 5 nitrogen and oxygen atoms in total. The van der Waals surface area contributed by atoms with Crippen LogP contribution in [0.4, 0.5) is 5.69 Å². The van der Waals surface area contributed by atoms with Gasteiger partial charge in [0, 0.05) is 0 Å². The molecule has 116 valence electrons. The normalized spacial score (nSPS) is 17.7. The highest BCUT2D eigenvalue weighted by molar-refractivity contribution is 8.18. The topological polar surface area (TPSA) is 81.9 Å². The van der Waals surface area contributed by atoms with Gasteiger partial charge in [-0.1, -0.05) is 18.2 Å². The zero-order valence-electron chi connectivity index (χ0n) is 12.3. The van der Waals surface area contributed by atoms with E-state index >= 15 is 0 Å². The summed E-state index contributed by atoms with van der Waals surface area (Å²) in [4.78, 5) is 16.7. The molecule has 0 bridgehead atoms. The Kier molecular flexibility index (Phi) is 4.08. The Balaban J connectivity index is 1.86. The summed E-state index contributed by atoms with van der Waals surface area (Å²) >= 11 is 1.18. The van der Waals surface area contributed by atoms with Crippen LogP contribution in [0, 0.1) is 6.92 Å². The van der Waals surface area contributed by atoms with Gasteiger partial charge in [0.1, 0.15) is 17.2 Å². The maximum atomic E-state index is 12.0. The fraction of sp³-hybridized carbons (Fsp3) is 0.0588. The predicted molar refractivity (Wildman–Crippen MR) is 91.8 cm³/mol. The largest absolute Gasteiger partial charge is 0.508 e. The van der Waals surface area contributed by atoms with Crippen LogP contribution in [-0.2, 0) is 4.79 Å². The minimum absolute atomic E-state index is 0.0674. The number of nitrogens with one attached hydrogen (secondary N) is 1. The molecule has 0 aliphatic carbocycles. The van der Waals surface area contributed by atoms with Crippen molar-refractivity contribution in [2.45, 2.75) is 6.92 Å². The Labute approximate surface area is 137 Å². The molecule has 1 amide bonds. The van der Waals surface area contributed by atoms with Crippen LogP contribution in [0.1, 0.15) is 11.1 Å². The van der Waals surface area contributed by atoms with Crippen molar-refractivity contribution in [2.24, 2.45) is 4.99 Å². The van der Waals surface area contributed by atoms with Gasteiger partial charge in [-0.2, -0.15) is 0 Å².